The number of amides is 1. The van der Waals surface area contributed by atoms with Crippen molar-refractivity contribution in [2.75, 3.05) is 17.2 Å². The quantitative estimate of drug-likeness (QED) is 0.876. The highest BCUT2D eigenvalue weighted by atomic mass is 79.9. The van der Waals surface area contributed by atoms with E-state index in [1.54, 1.807) is 13.0 Å². The third-order valence-corrected chi connectivity index (χ3v) is 3.15. The van der Waals surface area contributed by atoms with Crippen molar-refractivity contribution in [1.29, 1.82) is 0 Å². The van der Waals surface area contributed by atoms with Crippen LogP contribution in [-0.4, -0.2) is 17.4 Å². The summed E-state index contributed by atoms with van der Waals surface area (Å²) in [6.07, 6.45) is 1.31. The Balaban J connectivity index is 2.26. The monoisotopic (exact) mass is 355 g/mol. The molecule has 0 aliphatic heterocycles. The molecule has 7 heteroatoms. The zero-order valence-corrected chi connectivity index (χ0v) is 12.7. The van der Waals surface area contributed by atoms with Gasteiger partial charge >= 0.3 is 0 Å². The van der Waals surface area contributed by atoms with Gasteiger partial charge in [0, 0.05) is 17.2 Å². The van der Waals surface area contributed by atoms with Gasteiger partial charge < -0.3 is 10.6 Å². The van der Waals surface area contributed by atoms with Crippen molar-refractivity contribution in [2.24, 2.45) is 0 Å². The molecule has 0 atom stereocenters. The van der Waals surface area contributed by atoms with Crippen LogP contribution in [0.25, 0.3) is 0 Å². The molecule has 2 N–H and O–H groups in total. The van der Waals surface area contributed by atoms with E-state index in [2.05, 4.69) is 31.5 Å². The van der Waals surface area contributed by atoms with Crippen LogP contribution in [-0.2, 0) is 0 Å². The summed E-state index contributed by atoms with van der Waals surface area (Å²) in [6, 6.07) is 5.41. The van der Waals surface area contributed by atoms with Gasteiger partial charge in [-0.2, -0.15) is 0 Å². The number of carbonyl (C=O) groups is 1. The molecule has 4 nitrogen and oxygen atoms in total. The van der Waals surface area contributed by atoms with Crippen molar-refractivity contribution in [3.05, 3.63) is 52.1 Å². The van der Waals surface area contributed by atoms with E-state index in [-0.39, 0.29) is 17.1 Å². The predicted molar refractivity (Wildman–Crippen MR) is 80.4 cm³/mol. The van der Waals surface area contributed by atoms with E-state index in [1.807, 2.05) is 0 Å². The number of hydrogen-bond donors (Lipinski definition) is 2. The van der Waals surface area contributed by atoms with Crippen LogP contribution in [0.15, 0.2) is 34.9 Å². The van der Waals surface area contributed by atoms with Gasteiger partial charge in [-0.1, -0.05) is 15.9 Å². The van der Waals surface area contributed by atoms with Crippen LogP contribution in [0.4, 0.5) is 20.3 Å². The maximum Gasteiger partial charge on any atom is 0.258 e. The number of nitrogens with one attached hydrogen (secondary N) is 2. The molecule has 0 aliphatic rings. The van der Waals surface area contributed by atoms with Crippen molar-refractivity contribution in [3.63, 3.8) is 0 Å². The number of halogens is 3. The first-order chi connectivity index (χ1) is 10.0. The summed E-state index contributed by atoms with van der Waals surface area (Å²) >= 11 is 3.12. The van der Waals surface area contributed by atoms with Crippen LogP contribution in [0.1, 0.15) is 17.3 Å². The fourth-order valence-electron chi connectivity index (χ4n) is 1.69. The van der Waals surface area contributed by atoms with Gasteiger partial charge in [0.05, 0.1) is 11.3 Å². The number of nitrogens with zero attached hydrogens (tertiary/aromatic N) is 1. The van der Waals surface area contributed by atoms with E-state index in [1.165, 1.54) is 24.4 Å². The third-order valence-electron chi connectivity index (χ3n) is 2.66. The van der Waals surface area contributed by atoms with Crippen LogP contribution in [0.5, 0.6) is 0 Å². The van der Waals surface area contributed by atoms with E-state index in [4.69, 9.17) is 0 Å². The molecule has 1 aromatic heterocycles. The number of pyridine rings is 1. The van der Waals surface area contributed by atoms with Gasteiger partial charge in [-0.05, 0) is 31.2 Å². The zero-order valence-electron chi connectivity index (χ0n) is 11.1. The van der Waals surface area contributed by atoms with Gasteiger partial charge in [-0.15, -0.1) is 0 Å². The molecule has 0 bridgehead atoms. The largest absolute Gasteiger partial charge is 0.368 e. The summed E-state index contributed by atoms with van der Waals surface area (Å²) in [7, 11) is 0. The molecule has 0 aliphatic carbocycles. The average molecular weight is 356 g/mol. The second-order valence-electron chi connectivity index (χ2n) is 4.13. The lowest BCUT2D eigenvalue weighted by Crippen LogP contribution is -2.16. The summed E-state index contributed by atoms with van der Waals surface area (Å²) in [5, 5.41) is 5.04. The second-order valence-corrected chi connectivity index (χ2v) is 5.05. The van der Waals surface area contributed by atoms with Crippen LogP contribution in [0, 0.1) is 11.6 Å². The number of benzene rings is 1. The Kier molecular flexibility index (Phi) is 4.85. The van der Waals surface area contributed by atoms with Crippen LogP contribution < -0.4 is 10.6 Å². The maximum atomic E-state index is 14.1. The number of aromatic nitrogens is 1. The summed E-state index contributed by atoms with van der Waals surface area (Å²) in [6.45, 7) is 2.25. The number of rotatable bonds is 4. The standard InChI is InChI=1S/C14H12BrF2N3O/c1-2-18-13-12(17)9(5-6-19-13)14(21)20-11-4-3-8(15)7-10(11)16/h3-7H,2H2,1H3,(H,18,19)(H,20,21). The Labute approximate surface area is 128 Å². The molecule has 1 aromatic carbocycles. The number of anilines is 2. The predicted octanol–water partition coefficient (Wildman–Crippen LogP) is 3.81. The highest BCUT2D eigenvalue weighted by Gasteiger charge is 2.17. The minimum Gasteiger partial charge on any atom is -0.368 e. The van der Waals surface area contributed by atoms with Crippen molar-refractivity contribution >= 4 is 33.3 Å². The molecule has 0 unspecified atom stereocenters. The van der Waals surface area contributed by atoms with Gasteiger partial charge in [0.25, 0.3) is 5.91 Å². The molecule has 2 aromatic rings. The molecule has 0 radical (unpaired) electrons. The highest BCUT2D eigenvalue weighted by molar-refractivity contribution is 9.10. The summed E-state index contributed by atoms with van der Waals surface area (Å²) in [5.41, 5.74) is -0.229. The van der Waals surface area contributed by atoms with Gasteiger partial charge in [-0.25, -0.2) is 13.8 Å². The van der Waals surface area contributed by atoms with E-state index in [0.29, 0.717) is 11.0 Å². The summed E-state index contributed by atoms with van der Waals surface area (Å²) < 4.78 is 28.3. The summed E-state index contributed by atoms with van der Waals surface area (Å²) in [4.78, 5) is 15.8. The van der Waals surface area contributed by atoms with E-state index >= 15 is 0 Å². The van der Waals surface area contributed by atoms with Crippen molar-refractivity contribution in [3.8, 4) is 0 Å². The molecule has 1 heterocycles. The molecular formula is C14H12BrF2N3O. The molecule has 0 saturated heterocycles. The molecular weight excluding hydrogens is 344 g/mol. The Bertz CT molecular complexity index is 679. The molecule has 0 spiro atoms. The molecule has 0 saturated carbocycles. The Morgan fingerprint density at radius 3 is 2.76 bits per heavy atom. The first-order valence-corrected chi connectivity index (χ1v) is 6.97. The zero-order chi connectivity index (χ0) is 15.4. The fourth-order valence-corrected chi connectivity index (χ4v) is 2.02. The minimum atomic E-state index is -0.769. The molecule has 21 heavy (non-hydrogen) atoms. The third kappa shape index (κ3) is 3.55. The fraction of sp³-hybridized carbons (Fsp3) is 0.143. The minimum absolute atomic E-state index is 0.0126. The smallest absolute Gasteiger partial charge is 0.258 e. The highest BCUT2D eigenvalue weighted by Crippen LogP contribution is 2.21. The lowest BCUT2D eigenvalue weighted by atomic mass is 10.2. The van der Waals surface area contributed by atoms with E-state index in [9.17, 15) is 13.6 Å². The lowest BCUT2D eigenvalue weighted by molar-refractivity contribution is 0.102. The topological polar surface area (TPSA) is 54.0 Å². The van der Waals surface area contributed by atoms with Crippen LogP contribution in [0.3, 0.4) is 0 Å². The van der Waals surface area contributed by atoms with Gasteiger partial charge in [0.2, 0.25) is 0 Å². The molecule has 110 valence electrons. The number of hydrogen-bond acceptors (Lipinski definition) is 3. The average Bonchev–Trinajstić information content (AvgIpc) is 2.44. The lowest BCUT2D eigenvalue weighted by Gasteiger charge is -2.09. The van der Waals surface area contributed by atoms with E-state index < -0.39 is 17.5 Å². The summed E-state index contributed by atoms with van der Waals surface area (Å²) in [5.74, 6) is -2.13. The molecule has 1 amide bonds. The van der Waals surface area contributed by atoms with Crippen molar-refractivity contribution in [2.45, 2.75) is 6.92 Å². The Hall–Kier alpha value is -2.02. The Morgan fingerprint density at radius 2 is 2.10 bits per heavy atom. The van der Waals surface area contributed by atoms with Crippen LogP contribution >= 0.6 is 15.9 Å². The SMILES string of the molecule is CCNc1nccc(C(=O)Nc2ccc(Br)cc2F)c1F. The van der Waals surface area contributed by atoms with Gasteiger partial charge in [0.15, 0.2) is 11.6 Å². The first-order valence-electron chi connectivity index (χ1n) is 6.17. The normalized spacial score (nSPS) is 10.3. The van der Waals surface area contributed by atoms with E-state index in [0.717, 1.165) is 0 Å². The maximum absolute atomic E-state index is 14.1. The van der Waals surface area contributed by atoms with Crippen molar-refractivity contribution < 1.29 is 13.6 Å². The number of carbonyl (C=O) groups excluding carboxylic acids is 1. The first kappa shape index (κ1) is 15.4. The second kappa shape index (κ2) is 6.62. The van der Waals surface area contributed by atoms with Crippen molar-refractivity contribution in [1.82, 2.24) is 4.98 Å². The Morgan fingerprint density at radius 1 is 1.33 bits per heavy atom. The van der Waals surface area contributed by atoms with Gasteiger partial charge in [0.1, 0.15) is 5.82 Å². The van der Waals surface area contributed by atoms with Crippen LogP contribution in [0.2, 0.25) is 0 Å². The van der Waals surface area contributed by atoms with Gasteiger partial charge in [-0.3, -0.25) is 4.79 Å². The molecule has 0 fully saturated rings. The molecule has 2 rings (SSSR count).